The first kappa shape index (κ1) is 7.22. The number of rotatable bonds is 0. The lowest BCUT2D eigenvalue weighted by Gasteiger charge is -2.29. The molecular formula is C6H13NOS. The molecule has 0 bridgehead atoms. The highest BCUT2D eigenvalue weighted by molar-refractivity contribution is 7.85. The van der Waals surface area contributed by atoms with Crippen LogP contribution < -0.4 is 5.32 Å². The largest absolute Gasteiger partial charge is 0.310 e. The average Bonchev–Trinajstić information content (AvgIpc) is 1.60. The summed E-state index contributed by atoms with van der Waals surface area (Å²) >= 11 is 0. The van der Waals surface area contributed by atoms with Crippen LogP contribution in [0.4, 0.5) is 0 Å². The third kappa shape index (κ3) is 2.06. The van der Waals surface area contributed by atoms with E-state index in [9.17, 15) is 4.21 Å². The van der Waals surface area contributed by atoms with Gasteiger partial charge in [0.1, 0.15) is 0 Å². The minimum Gasteiger partial charge on any atom is -0.310 e. The molecule has 1 aliphatic rings. The first-order chi connectivity index (χ1) is 4.10. The van der Waals surface area contributed by atoms with Crippen molar-refractivity contribution in [3.8, 4) is 0 Å². The smallest absolute Gasteiger partial charge is 0.0412 e. The maximum Gasteiger partial charge on any atom is 0.0412 e. The molecule has 1 rings (SSSR count). The third-order valence-electron chi connectivity index (χ3n) is 1.46. The maximum atomic E-state index is 10.9. The Bertz CT molecular complexity index is 133. The summed E-state index contributed by atoms with van der Waals surface area (Å²) in [5.74, 6) is 1.62. The van der Waals surface area contributed by atoms with E-state index in [2.05, 4.69) is 19.2 Å². The fraction of sp³-hybridized carbons (Fsp3) is 1.00. The summed E-state index contributed by atoms with van der Waals surface area (Å²) in [6.45, 7) is 5.08. The van der Waals surface area contributed by atoms with Gasteiger partial charge in [-0.05, 0) is 13.8 Å². The van der Waals surface area contributed by atoms with E-state index in [0.717, 1.165) is 18.1 Å². The molecule has 0 aromatic heterocycles. The fourth-order valence-corrected chi connectivity index (χ4v) is 2.41. The van der Waals surface area contributed by atoms with E-state index in [1.807, 2.05) is 0 Å². The summed E-state index contributed by atoms with van der Waals surface area (Å²) in [6, 6.07) is 0. The predicted octanol–water partition coefficient (Wildman–Crippen LogP) is 0.117. The van der Waals surface area contributed by atoms with Crippen molar-refractivity contribution >= 4 is 10.8 Å². The van der Waals surface area contributed by atoms with Crippen molar-refractivity contribution < 1.29 is 4.21 Å². The molecule has 1 N–H and O–H groups in total. The average molecular weight is 147 g/mol. The predicted molar refractivity (Wildman–Crippen MR) is 40.0 cm³/mol. The molecule has 1 fully saturated rings. The third-order valence-corrected chi connectivity index (χ3v) is 3.16. The van der Waals surface area contributed by atoms with Gasteiger partial charge in [-0.1, -0.05) is 0 Å². The quantitative estimate of drug-likeness (QED) is 0.527. The summed E-state index contributed by atoms with van der Waals surface area (Å²) in [5, 5.41) is 3.30. The second-order valence-corrected chi connectivity index (χ2v) is 4.68. The molecule has 54 valence electrons. The van der Waals surface area contributed by atoms with Crippen LogP contribution in [0.3, 0.4) is 0 Å². The minimum atomic E-state index is -0.572. The maximum absolute atomic E-state index is 10.9. The second-order valence-electron chi connectivity index (χ2n) is 3.10. The second kappa shape index (κ2) is 2.39. The minimum absolute atomic E-state index is 0.100. The summed E-state index contributed by atoms with van der Waals surface area (Å²) < 4.78 is 10.9. The zero-order chi connectivity index (χ0) is 6.91. The Kier molecular flexibility index (Phi) is 1.91. The number of hydrogen-bond donors (Lipinski definition) is 1. The Balaban J connectivity index is 2.51. The Morgan fingerprint density at radius 3 is 2.56 bits per heavy atom. The lowest BCUT2D eigenvalue weighted by atomic mass is 10.1. The van der Waals surface area contributed by atoms with Crippen LogP contribution in [0.5, 0.6) is 0 Å². The molecular weight excluding hydrogens is 134 g/mol. The van der Waals surface area contributed by atoms with Gasteiger partial charge in [0.15, 0.2) is 0 Å². The lowest BCUT2D eigenvalue weighted by Crippen LogP contribution is -2.50. The zero-order valence-electron chi connectivity index (χ0n) is 5.94. The topological polar surface area (TPSA) is 29.1 Å². The van der Waals surface area contributed by atoms with Crippen LogP contribution >= 0.6 is 0 Å². The Morgan fingerprint density at radius 2 is 2.22 bits per heavy atom. The van der Waals surface area contributed by atoms with E-state index in [4.69, 9.17) is 0 Å². The SMILES string of the molecule is CC1(C)C[S@](=O)CCN1. The van der Waals surface area contributed by atoms with Gasteiger partial charge in [-0.2, -0.15) is 0 Å². The summed E-state index contributed by atoms with van der Waals surface area (Å²) in [6.07, 6.45) is 0. The standard InChI is InChI=1S/C6H13NOS/c1-6(2)5-9(8)4-3-7-6/h7H,3-5H2,1-2H3/t9-/m1/s1. The molecule has 1 aliphatic heterocycles. The molecule has 1 heterocycles. The van der Waals surface area contributed by atoms with Gasteiger partial charge in [-0.15, -0.1) is 0 Å². The highest BCUT2D eigenvalue weighted by atomic mass is 32.2. The first-order valence-electron chi connectivity index (χ1n) is 3.20. The van der Waals surface area contributed by atoms with E-state index >= 15 is 0 Å². The van der Waals surface area contributed by atoms with Crippen molar-refractivity contribution in [3.05, 3.63) is 0 Å². The van der Waals surface area contributed by atoms with Crippen LogP contribution in [-0.2, 0) is 10.8 Å². The lowest BCUT2D eigenvalue weighted by molar-refractivity contribution is 0.431. The summed E-state index contributed by atoms with van der Waals surface area (Å²) in [4.78, 5) is 0. The van der Waals surface area contributed by atoms with Crippen molar-refractivity contribution in [2.75, 3.05) is 18.1 Å². The van der Waals surface area contributed by atoms with Crippen LogP contribution in [-0.4, -0.2) is 27.8 Å². The molecule has 0 amide bonds. The molecule has 0 aromatic rings. The zero-order valence-corrected chi connectivity index (χ0v) is 6.75. The van der Waals surface area contributed by atoms with E-state index in [0.29, 0.717) is 0 Å². The van der Waals surface area contributed by atoms with Crippen molar-refractivity contribution in [1.82, 2.24) is 5.32 Å². The van der Waals surface area contributed by atoms with Gasteiger partial charge in [0.25, 0.3) is 0 Å². The van der Waals surface area contributed by atoms with Crippen molar-refractivity contribution in [2.24, 2.45) is 0 Å². The summed E-state index contributed by atoms with van der Waals surface area (Å²) in [5.41, 5.74) is 0.100. The normalized spacial score (nSPS) is 34.2. The molecule has 0 unspecified atom stereocenters. The van der Waals surface area contributed by atoms with Crippen LogP contribution in [0.2, 0.25) is 0 Å². The number of nitrogens with one attached hydrogen (secondary N) is 1. The molecule has 0 saturated carbocycles. The molecule has 9 heavy (non-hydrogen) atoms. The van der Waals surface area contributed by atoms with E-state index in [-0.39, 0.29) is 5.54 Å². The van der Waals surface area contributed by atoms with E-state index in [1.54, 1.807) is 0 Å². The van der Waals surface area contributed by atoms with Crippen LogP contribution in [0, 0.1) is 0 Å². The van der Waals surface area contributed by atoms with Gasteiger partial charge in [0.05, 0.1) is 0 Å². The Labute approximate surface area is 58.5 Å². The van der Waals surface area contributed by atoms with Gasteiger partial charge in [0, 0.05) is 34.4 Å². The molecule has 1 saturated heterocycles. The molecule has 0 aromatic carbocycles. The van der Waals surface area contributed by atoms with Crippen LogP contribution in [0.25, 0.3) is 0 Å². The van der Waals surface area contributed by atoms with Crippen molar-refractivity contribution in [2.45, 2.75) is 19.4 Å². The van der Waals surface area contributed by atoms with Gasteiger partial charge >= 0.3 is 0 Å². The molecule has 3 heteroatoms. The molecule has 0 spiro atoms. The first-order valence-corrected chi connectivity index (χ1v) is 4.69. The monoisotopic (exact) mass is 147 g/mol. The van der Waals surface area contributed by atoms with E-state index < -0.39 is 10.8 Å². The Morgan fingerprint density at radius 1 is 1.56 bits per heavy atom. The molecule has 1 atom stereocenters. The fourth-order valence-electron chi connectivity index (χ4n) is 1.03. The summed E-state index contributed by atoms with van der Waals surface area (Å²) in [7, 11) is -0.572. The highest BCUT2D eigenvalue weighted by Gasteiger charge is 2.24. The Hall–Kier alpha value is 0.110. The molecule has 2 nitrogen and oxygen atoms in total. The van der Waals surface area contributed by atoms with Crippen LogP contribution in [0.1, 0.15) is 13.8 Å². The van der Waals surface area contributed by atoms with Gasteiger partial charge < -0.3 is 5.32 Å². The van der Waals surface area contributed by atoms with Gasteiger partial charge in [0.2, 0.25) is 0 Å². The van der Waals surface area contributed by atoms with Gasteiger partial charge in [-0.3, -0.25) is 4.21 Å². The number of hydrogen-bond acceptors (Lipinski definition) is 2. The molecule has 0 aliphatic carbocycles. The van der Waals surface area contributed by atoms with Crippen molar-refractivity contribution in [1.29, 1.82) is 0 Å². The van der Waals surface area contributed by atoms with Crippen LogP contribution in [0.15, 0.2) is 0 Å². The highest BCUT2D eigenvalue weighted by Crippen LogP contribution is 2.08. The van der Waals surface area contributed by atoms with E-state index in [1.165, 1.54) is 0 Å². The van der Waals surface area contributed by atoms with Gasteiger partial charge in [-0.25, -0.2) is 0 Å². The van der Waals surface area contributed by atoms with Crippen molar-refractivity contribution in [3.63, 3.8) is 0 Å². The molecule has 0 radical (unpaired) electrons.